The zero-order valence-corrected chi connectivity index (χ0v) is 4.94. The zero-order chi connectivity index (χ0) is 5.86. The van der Waals surface area contributed by atoms with Gasteiger partial charge >= 0.3 is 0 Å². The summed E-state index contributed by atoms with van der Waals surface area (Å²) in [6.45, 7) is 1.69. The van der Waals surface area contributed by atoms with E-state index in [9.17, 15) is 4.21 Å². The van der Waals surface area contributed by atoms with E-state index in [-0.39, 0.29) is 11.8 Å². The highest BCUT2D eigenvalue weighted by Gasteiger charge is 1.96. The Bertz CT molecular complexity index is 73.3. The number of hydrogen-bond acceptors (Lipinski definition) is 2. The van der Waals surface area contributed by atoms with Crippen LogP contribution in [-0.2, 0) is 11.1 Å². The molecule has 44 valence electrons. The van der Waals surface area contributed by atoms with Crippen LogP contribution in [0.2, 0.25) is 0 Å². The second-order valence-corrected chi connectivity index (χ2v) is 2.44. The molecule has 0 aliphatic carbocycles. The van der Waals surface area contributed by atoms with Crippen LogP contribution in [0.25, 0.3) is 0 Å². The van der Waals surface area contributed by atoms with Gasteiger partial charge in [0.25, 0.3) is 0 Å². The summed E-state index contributed by atoms with van der Waals surface area (Å²) in [5.74, 6) is 0.167. The first kappa shape index (κ1) is 7.07. The molecule has 7 heavy (non-hydrogen) atoms. The Morgan fingerprint density at radius 3 is 2.43 bits per heavy atom. The normalized spacial score (nSPS) is 18.7. The van der Waals surface area contributed by atoms with E-state index in [1.165, 1.54) is 0 Å². The lowest BCUT2D eigenvalue weighted by Crippen LogP contribution is -2.22. The maximum Gasteiger partial charge on any atom is 0.154 e. The Morgan fingerprint density at radius 2 is 2.43 bits per heavy atom. The van der Waals surface area contributed by atoms with Gasteiger partial charge in [0.15, 0.2) is 11.1 Å². The monoisotopic (exact) mass is 123 g/mol. The van der Waals surface area contributed by atoms with Gasteiger partial charge < -0.3 is 10.3 Å². The highest BCUT2D eigenvalue weighted by atomic mass is 32.2. The van der Waals surface area contributed by atoms with Gasteiger partial charge in [-0.2, -0.15) is 0 Å². The SMILES string of the molecule is CC(N)CS(=O)O. The van der Waals surface area contributed by atoms with Gasteiger partial charge in [-0.05, 0) is 6.92 Å². The van der Waals surface area contributed by atoms with Gasteiger partial charge in [0.05, 0.1) is 5.75 Å². The third kappa shape index (κ3) is 6.07. The first-order valence-corrected chi connectivity index (χ1v) is 3.23. The highest BCUT2D eigenvalue weighted by molar-refractivity contribution is 7.79. The highest BCUT2D eigenvalue weighted by Crippen LogP contribution is 1.77. The van der Waals surface area contributed by atoms with Crippen LogP contribution in [0.15, 0.2) is 0 Å². The molecule has 0 rings (SSSR count). The summed E-state index contributed by atoms with van der Waals surface area (Å²) in [6, 6.07) is -0.175. The van der Waals surface area contributed by atoms with E-state index in [1.54, 1.807) is 6.92 Å². The second-order valence-electron chi connectivity index (χ2n) is 1.47. The minimum absolute atomic E-state index is 0.167. The van der Waals surface area contributed by atoms with E-state index in [2.05, 4.69) is 0 Å². The molecule has 0 radical (unpaired) electrons. The summed E-state index contributed by atoms with van der Waals surface area (Å²) in [6.07, 6.45) is 0. The van der Waals surface area contributed by atoms with Crippen LogP contribution < -0.4 is 5.73 Å². The average Bonchev–Trinajstić information content (AvgIpc) is 1.27. The number of hydrogen-bond donors (Lipinski definition) is 2. The van der Waals surface area contributed by atoms with E-state index < -0.39 is 11.1 Å². The fraction of sp³-hybridized carbons (Fsp3) is 1.00. The van der Waals surface area contributed by atoms with E-state index in [4.69, 9.17) is 10.3 Å². The molecule has 3 nitrogen and oxygen atoms in total. The molecule has 0 fully saturated rings. The van der Waals surface area contributed by atoms with Crippen molar-refractivity contribution in [3.63, 3.8) is 0 Å². The molecule has 0 bridgehead atoms. The fourth-order valence-electron chi connectivity index (χ4n) is 0.225. The lowest BCUT2D eigenvalue weighted by atomic mass is 10.4. The minimum atomic E-state index is -1.72. The third-order valence-electron chi connectivity index (χ3n) is 0.405. The van der Waals surface area contributed by atoms with Crippen molar-refractivity contribution < 1.29 is 8.76 Å². The molecule has 0 heterocycles. The Hall–Kier alpha value is 0.0700. The lowest BCUT2D eigenvalue weighted by molar-refractivity contribution is 0.558. The molecule has 0 aromatic heterocycles. The van der Waals surface area contributed by atoms with Crippen molar-refractivity contribution >= 4 is 11.1 Å². The lowest BCUT2D eigenvalue weighted by Gasteiger charge is -1.96. The molecule has 3 N–H and O–H groups in total. The first-order valence-electron chi connectivity index (χ1n) is 1.96. The Balaban J connectivity index is 3.13. The van der Waals surface area contributed by atoms with E-state index in [1.807, 2.05) is 0 Å². The van der Waals surface area contributed by atoms with Gasteiger partial charge in [0, 0.05) is 6.04 Å². The van der Waals surface area contributed by atoms with Crippen molar-refractivity contribution in [3.05, 3.63) is 0 Å². The summed E-state index contributed by atoms with van der Waals surface area (Å²) in [5, 5.41) is 0. The first-order chi connectivity index (χ1) is 3.13. The molecule has 2 unspecified atom stereocenters. The molecule has 2 atom stereocenters. The molecular weight excluding hydrogens is 114 g/mol. The average molecular weight is 123 g/mol. The molecule has 0 aliphatic rings. The summed E-state index contributed by atoms with van der Waals surface area (Å²) < 4.78 is 18.0. The van der Waals surface area contributed by atoms with Crippen LogP contribution >= 0.6 is 0 Å². The molecule has 4 heteroatoms. The van der Waals surface area contributed by atoms with E-state index >= 15 is 0 Å². The van der Waals surface area contributed by atoms with Crippen LogP contribution in [0.3, 0.4) is 0 Å². The van der Waals surface area contributed by atoms with Crippen molar-refractivity contribution in [3.8, 4) is 0 Å². The van der Waals surface area contributed by atoms with Crippen molar-refractivity contribution in [2.24, 2.45) is 5.73 Å². The van der Waals surface area contributed by atoms with Crippen LogP contribution in [0.4, 0.5) is 0 Å². The zero-order valence-electron chi connectivity index (χ0n) is 4.13. The Labute approximate surface area is 45.2 Å². The van der Waals surface area contributed by atoms with Gasteiger partial charge in [0.1, 0.15) is 0 Å². The van der Waals surface area contributed by atoms with Crippen LogP contribution in [0.5, 0.6) is 0 Å². The maximum atomic E-state index is 9.84. The van der Waals surface area contributed by atoms with E-state index in [0.717, 1.165) is 0 Å². The molecule has 0 saturated heterocycles. The van der Waals surface area contributed by atoms with Gasteiger partial charge in [-0.1, -0.05) is 0 Å². The summed E-state index contributed by atoms with van der Waals surface area (Å²) in [7, 11) is 0. The minimum Gasteiger partial charge on any atom is -0.327 e. The second kappa shape index (κ2) is 3.12. The van der Waals surface area contributed by atoms with Crippen LogP contribution in [0, 0.1) is 0 Å². The standard InChI is InChI=1S/C3H9NO2S/c1-3(4)2-7(5)6/h3H,2,4H2,1H3,(H,5,6). The number of rotatable bonds is 2. The molecule has 0 aromatic carbocycles. The molecule has 0 aromatic rings. The van der Waals surface area contributed by atoms with Gasteiger partial charge in [-0.15, -0.1) is 0 Å². The third-order valence-corrected chi connectivity index (χ3v) is 1.22. The fourth-order valence-corrected chi connectivity index (χ4v) is 0.675. The van der Waals surface area contributed by atoms with Crippen molar-refractivity contribution in [1.82, 2.24) is 0 Å². The molecular formula is C3H9NO2S. The van der Waals surface area contributed by atoms with Crippen molar-refractivity contribution in [1.29, 1.82) is 0 Å². The van der Waals surface area contributed by atoms with Crippen molar-refractivity contribution in [2.45, 2.75) is 13.0 Å². The van der Waals surface area contributed by atoms with E-state index in [0.29, 0.717) is 0 Å². The quantitative estimate of drug-likeness (QED) is 0.489. The van der Waals surface area contributed by atoms with Crippen LogP contribution in [0.1, 0.15) is 6.92 Å². The smallest absolute Gasteiger partial charge is 0.154 e. The Morgan fingerprint density at radius 1 is 2.00 bits per heavy atom. The Kier molecular flexibility index (Phi) is 3.15. The summed E-state index contributed by atoms with van der Waals surface area (Å²) >= 11 is -1.72. The molecule has 0 saturated carbocycles. The summed E-state index contributed by atoms with van der Waals surface area (Å²) in [4.78, 5) is 0. The van der Waals surface area contributed by atoms with Gasteiger partial charge in [0.2, 0.25) is 0 Å². The van der Waals surface area contributed by atoms with Gasteiger partial charge in [-0.25, -0.2) is 4.21 Å². The summed E-state index contributed by atoms with van der Waals surface area (Å²) in [5.41, 5.74) is 5.14. The maximum absolute atomic E-state index is 9.84. The molecule has 0 amide bonds. The number of nitrogens with two attached hydrogens (primary N) is 1. The topological polar surface area (TPSA) is 63.3 Å². The van der Waals surface area contributed by atoms with Crippen LogP contribution in [-0.4, -0.2) is 20.6 Å². The van der Waals surface area contributed by atoms with Gasteiger partial charge in [-0.3, -0.25) is 0 Å². The molecule has 0 aliphatic heterocycles. The predicted molar refractivity (Wildman–Crippen MR) is 29.3 cm³/mol. The molecule has 0 spiro atoms. The largest absolute Gasteiger partial charge is 0.327 e. The van der Waals surface area contributed by atoms with Crippen molar-refractivity contribution in [2.75, 3.05) is 5.75 Å². The predicted octanol–water partition coefficient (Wildman–Crippen LogP) is -0.445.